The maximum atomic E-state index is 12.9. The summed E-state index contributed by atoms with van der Waals surface area (Å²) >= 11 is 0. The zero-order valence-electron chi connectivity index (χ0n) is 14.0. The van der Waals surface area contributed by atoms with Crippen LogP contribution in [0.2, 0.25) is 0 Å². The van der Waals surface area contributed by atoms with Gasteiger partial charge in [0, 0.05) is 19.4 Å². The van der Waals surface area contributed by atoms with Crippen LogP contribution in [0.5, 0.6) is 5.75 Å². The van der Waals surface area contributed by atoms with Crippen LogP contribution in [0.3, 0.4) is 0 Å². The number of fused-ring (bicyclic) bond motifs is 1. The lowest BCUT2D eigenvalue weighted by molar-refractivity contribution is 0.0194. The minimum atomic E-state index is -3.72. The topological polar surface area (TPSA) is 106 Å². The van der Waals surface area contributed by atoms with Gasteiger partial charge >= 0.3 is 0 Å². The maximum Gasteiger partial charge on any atom is 0.260 e. The molecule has 1 aromatic carbocycles. The van der Waals surface area contributed by atoms with Gasteiger partial charge in [0.05, 0.1) is 11.4 Å². The molecule has 1 N–H and O–H groups in total. The first-order chi connectivity index (χ1) is 11.8. The number of aromatic nitrogens is 2. The number of ether oxygens (including phenoxy) is 1. The van der Waals surface area contributed by atoms with Crippen molar-refractivity contribution in [3.05, 3.63) is 35.5 Å². The van der Waals surface area contributed by atoms with Crippen LogP contribution in [0.4, 0.5) is 0 Å². The Morgan fingerprint density at radius 3 is 2.92 bits per heavy atom. The monoisotopic (exact) mass is 365 g/mol. The van der Waals surface area contributed by atoms with Crippen LogP contribution < -0.4 is 4.74 Å². The molecule has 2 aliphatic heterocycles. The van der Waals surface area contributed by atoms with Gasteiger partial charge in [-0.25, -0.2) is 8.42 Å². The van der Waals surface area contributed by atoms with E-state index < -0.39 is 15.6 Å². The third kappa shape index (κ3) is 2.72. The average Bonchev–Trinajstić information content (AvgIpc) is 3.24. The summed E-state index contributed by atoms with van der Waals surface area (Å²) < 4.78 is 37.8. The van der Waals surface area contributed by atoms with E-state index in [1.54, 1.807) is 25.1 Å². The Hall–Kier alpha value is -1.97. The van der Waals surface area contributed by atoms with Gasteiger partial charge in [0.15, 0.2) is 11.4 Å². The fourth-order valence-corrected chi connectivity index (χ4v) is 4.88. The molecule has 2 aromatic rings. The fourth-order valence-electron chi connectivity index (χ4n) is 3.33. The van der Waals surface area contributed by atoms with Crippen LogP contribution >= 0.6 is 0 Å². The number of hydrogen-bond donors (Lipinski definition) is 1. The van der Waals surface area contributed by atoms with E-state index >= 15 is 0 Å². The lowest BCUT2D eigenvalue weighted by Crippen LogP contribution is -2.34. The van der Waals surface area contributed by atoms with Gasteiger partial charge in [0.1, 0.15) is 11.9 Å². The van der Waals surface area contributed by atoms with Crippen molar-refractivity contribution in [3.63, 3.8) is 0 Å². The zero-order valence-corrected chi connectivity index (χ0v) is 14.8. The molecule has 0 bridgehead atoms. The van der Waals surface area contributed by atoms with E-state index in [0.29, 0.717) is 12.2 Å². The Labute approximate surface area is 145 Å². The fraction of sp³-hybridized carbons (Fsp3) is 0.500. The SMILES string of the molecule is Cc1noc([C@]2(O)CCN(S(=O)(=O)c3ccc4c(c3)C[C@@H](C)O4)C2)n1. The Morgan fingerprint density at radius 2 is 2.20 bits per heavy atom. The summed E-state index contributed by atoms with van der Waals surface area (Å²) in [6.07, 6.45) is 0.939. The van der Waals surface area contributed by atoms with E-state index in [0.717, 1.165) is 11.3 Å². The predicted molar refractivity (Wildman–Crippen MR) is 86.5 cm³/mol. The van der Waals surface area contributed by atoms with Crippen molar-refractivity contribution in [1.82, 2.24) is 14.4 Å². The first-order valence-corrected chi connectivity index (χ1v) is 9.55. The van der Waals surface area contributed by atoms with Crippen LogP contribution in [0.25, 0.3) is 0 Å². The second-order valence-corrected chi connectivity index (χ2v) is 8.61. The van der Waals surface area contributed by atoms with Crippen LogP contribution in [-0.4, -0.2) is 47.2 Å². The summed E-state index contributed by atoms with van der Waals surface area (Å²) in [5, 5.41) is 14.4. The molecule has 0 radical (unpaired) electrons. The summed E-state index contributed by atoms with van der Waals surface area (Å²) in [4.78, 5) is 4.25. The van der Waals surface area contributed by atoms with E-state index in [1.165, 1.54) is 4.31 Å². The second kappa shape index (κ2) is 5.52. The minimum Gasteiger partial charge on any atom is -0.490 e. The summed E-state index contributed by atoms with van der Waals surface area (Å²) in [6, 6.07) is 4.89. The van der Waals surface area contributed by atoms with Crippen LogP contribution in [0.1, 0.15) is 30.6 Å². The second-order valence-electron chi connectivity index (χ2n) is 6.67. The quantitative estimate of drug-likeness (QED) is 0.864. The molecule has 1 aromatic heterocycles. The molecule has 2 aliphatic rings. The van der Waals surface area contributed by atoms with Crippen molar-refractivity contribution in [2.75, 3.05) is 13.1 Å². The van der Waals surface area contributed by atoms with Crippen molar-refractivity contribution in [1.29, 1.82) is 0 Å². The van der Waals surface area contributed by atoms with Gasteiger partial charge < -0.3 is 14.4 Å². The normalized spacial score (nSPS) is 26.6. The van der Waals surface area contributed by atoms with Gasteiger partial charge in [-0.15, -0.1) is 0 Å². The van der Waals surface area contributed by atoms with Crippen molar-refractivity contribution in [3.8, 4) is 5.75 Å². The van der Waals surface area contributed by atoms with Crippen LogP contribution in [0.15, 0.2) is 27.6 Å². The molecule has 9 heteroatoms. The van der Waals surface area contributed by atoms with Crippen molar-refractivity contribution in [2.24, 2.45) is 0 Å². The van der Waals surface area contributed by atoms with Gasteiger partial charge in [-0.3, -0.25) is 0 Å². The Bertz CT molecular complexity index is 926. The van der Waals surface area contributed by atoms with Crippen molar-refractivity contribution in [2.45, 2.75) is 43.3 Å². The van der Waals surface area contributed by atoms with Gasteiger partial charge in [-0.05, 0) is 37.6 Å². The molecule has 0 saturated carbocycles. The first kappa shape index (κ1) is 16.5. The largest absolute Gasteiger partial charge is 0.490 e. The number of sulfonamides is 1. The standard InChI is InChI=1S/C16H19N3O5S/c1-10-7-12-8-13(3-4-14(12)23-10)25(21,22)19-6-5-16(20,9-19)15-17-11(2)18-24-15/h3-4,8,10,20H,5-7,9H2,1-2H3/t10-,16+/m1/s1. The molecular weight excluding hydrogens is 346 g/mol. The van der Waals surface area contributed by atoms with E-state index in [1.807, 2.05) is 6.92 Å². The summed E-state index contributed by atoms with van der Waals surface area (Å²) in [6.45, 7) is 3.67. The van der Waals surface area contributed by atoms with Crippen LogP contribution in [-0.2, 0) is 22.0 Å². The van der Waals surface area contributed by atoms with Gasteiger partial charge in [-0.1, -0.05) is 5.16 Å². The van der Waals surface area contributed by atoms with E-state index in [-0.39, 0.29) is 36.4 Å². The summed E-state index contributed by atoms with van der Waals surface area (Å²) in [5.74, 6) is 1.18. The Kier molecular flexibility index (Phi) is 3.64. The molecule has 3 heterocycles. The highest BCUT2D eigenvalue weighted by molar-refractivity contribution is 7.89. The average molecular weight is 365 g/mol. The molecule has 2 atom stereocenters. The minimum absolute atomic E-state index is 0.0469. The van der Waals surface area contributed by atoms with Crippen molar-refractivity contribution >= 4 is 10.0 Å². The van der Waals surface area contributed by atoms with Gasteiger partial charge in [0.2, 0.25) is 10.0 Å². The van der Waals surface area contributed by atoms with E-state index in [4.69, 9.17) is 9.26 Å². The molecule has 25 heavy (non-hydrogen) atoms. The van der Waals surface area contributed by atoms with E-state index in [2.05, 4.69) is 10.1 Å². The number of benzene rings is 1. The highest BCUT2D eigenvalue weighted by Gasteiger charge is 2.46. The number of β-amino-alcohol motifs (C(OH)–C–C–N with tert-alkyl or cyclic N) is 1. The number of aryl methyl sites for hydroxylation is 1. The smallest absolute Gasteiger partial charge is 0.260 e. The highest BCUT2D eigenvalue weighted by atomic mass is 32.2. The predicted octanol–water partition coefficient (Wildman–Crippen LogP) is 0.984. The molecule has 0 amide bonds. The van der Waals surface area contributed by atoms with Crippen molar-refractivity contribution < 1.29 is 22.8 Å². The summed E-state index contributed by atoms with van der Waals surface area (Å²) in [5.41, 5.74) is -0.571. The number of hydrogen-bond acceptors (Lipinski definition) is 7. The molecule has 0 spiro atoms. The first-order valence-electron chi connectivity index (χ1n) is 8.11. The molecular formula is C16H19N3O5S. The molecule has 8 nitrogen and oxygen atoms in total. The molecule has 1 fully saturated rings. The Balaban J connectivity index is 1.61. The Morgan fingerprint density at radius 1 is 1.40 bits per heavy atom. The third-order valence-electron chi connectivity index (χ3n) is 4.64. The number of nitrogens with zero attached hydrogens (tertiary/aromatic N) is 3. The molecule has 1 saturated heterocycles. The maximum absolute atomic E-state index is 12.9. The van der Waals surface area contributed by atoms with Gasteiger partial charge in [0.25, 0.3) is 5.89 Å². The molecule has 0 unspecified atom stereocenters. The molecule has 0 aliphatic carbocycles. The lowest BCUT2D eigenvalue weighted by Gasteiger charge is -2.20. The van der Waals surface area contributed by atoms with E-state index in [9.17, 15) is 13.5 Å². The number of rotatable bonds is 3. The molecule has 134 valence electrons. The highest BCUT2D eigenvalue weighted by Crippen LogP contribution is 2.36. The summed E-state index contributed by atoms with van der Waals surface area (Å²) in [7, 11) is -3.72. The third-order valence-corrected chi connectivity index (χ3v) is 6.48. The van der Waals surface area contributed by atoms with Gasteiger partial charge in [-0.2, -0.15) is 9.29 Å². The lowest BCUT2D eigenvalue weighted by atomic mass is 10.0. The molecule has 4 rings (SSSR count). The zero-order chi connectivity index (χ0) is 17.8. The van der Waals surface area contributed by atoms with Crippen LogP contribution in [0, 0.1) is 6.92 Å². The number of aliphatic hydroxyl groups is 1.